The van der Waals surface area contributed by atoms with E-state index in [1.165, 1.54) is 8.86 Å². The predicted molar refractivity (Wildman–Crippen MR) is 51.0 cm³/mol. The summed E-state index contributed by atoms with van der Waals surface area (Å²) in [7, 11) is 0. The van der Waals surface area contributed by atoms with E-state index < -0.39 is 0 Å². The molecule has 0 bridgehead atoms. The lowest BCUT2D eigenvalue weighted by Crippen LogP contribution is -2.45. The Morgan fingerprint density at radius 1 is 1.25 bits per heavy atom. The van der Waals surface area contributed by atoms with Crippen LogP contribution in [-0.4, -0.2) is 22.1 Å². The molecule has 3 heteroatoms. The number of alkyl halides is 2. The van der Waals surface area contributed by atoms with Crippen LogP contribution in [-0.2, 0) is 4.74 Å². The van der Waals surface area contributed by atoms with E-state index in [9.17, 15) is 0 Å². The van der Waals surface area contributed by atoms with E-state index in [-0.39, 0.29) is 0 Å². The van der Waals surface area contributed by atoms with Gasteiger partial charge in [0.05, 0.1) is 13.2 Å². The minimum atomic E-state index is 0.557. The maximum atomic E-state index is 5.11. The molecule has 0 radical (unpaired) electrons. The molecule has 0 aromatic rings. The summed E-state index contributed by atoms with van der Waals surface area (Å²) in [5.74, 6) is 0. The van der Waals surface area contributed by atoms with Gasteiger partial charge in [-0.15, -0.1) is 0 Å². The van der Waals surface area contributed by atoms with E-state index >= 15 is 0 Å². The van der Waals surface area contributed by atoms with E-state index in [0.29, 0.717) is 5.41 Å². The molecule has 1 rings (SSSR count). The third-order valence-corrected chi connectivity index (χ3v) is 4.62. The molecule has 48 valence electrons. The number of rotatable bonds is 2. The first kappa shape index (κ1) is 7.53. The zero-order valence-electron chi connectivity index (χ0n) is 4.49. The fourth-order valence-corrected chi connectivity index (χ4v) is 3.03. The molecule has 0 saturated carbocycles. The molecule has 1 aliphatic rings. The van der Waals surface area contributed by atoms with Crippen LogP contribution in [0.2, 0.25) is 0 Å². The van der Waals surface area contributed by atoms with Gasteiger partial charge in [-0.2, -0.15) is 0 Å². The Hall–Kier alpha value is 1.42. The summed E-state index contributed by atoms with van der Waals surface area (Å²) in [4.78, 5) is 0. The van der Waals surface area contributed by atoms with Crippen molar-refractivity contribution in [3.05, 3.63) is 0 Å². The Kier molecular flexibility index (Phi) is 2.83. The van der Waals surface area contributed by atoms with Gasteiger partial charge in [0.25, 0.3) is 0 Å². The van der Waals surface area contributed by atoms with Crippen molar-refractivity contribution in [1.29, 1.82) is 0 Å². The number of ether oxygens (including phenoxy) is 1. The second-order valence-electron chi connectivity index (χ2n) is 2.26. The van der Waals surface area contributed by atoms with Crippen molar-refractivity contribution in [3.63, 3.8) is 0 Å². The summed E-state index contributed by atoms with van der Waals surface area (Å²) < 4.78 is 7.60. The lowest BCUT2D eigenvalue weighted by Gasteiger charge is -2.38. The average Bonchev–Trinajstić information content (AvgIpc) is 1.67. The van der Waals surface area contributed by atoms with E-state index in [0.717, 1.165) is 13.2 Å². The topological polar surface area (TPSA) is 9.23 Å². The molecule has 1 heterocycles. The first-order valence-electron chi connectivity index (χ1n) is 2.53. The van der Waals surface area contributed by atoms with Crippen molar-refractivity contribution in [1.82, 2.24) is 0 Å². The number of hydrogen-bond donors (Lipinski definition) is 0. The summed E-state index contributed by atoms with van der Waals surface area (Å²) in [6.45, 7) is 1.97. The normalized spacial score (nSPS) is 24.8. The van der Waals surface area contributed by atoms with Gasteiger partial charge < -0.3 is 4.74 Å². The molecule has 0 atom stereocenters. The maximum Gasteiger partial charge on any atom is 0.0559 e. The fourth-order valence-electron chi connectivity index (χ4n) is 0.581. The molecule has 8 heavy (non-hydrogen) atoms. The van der Waals surface area contributed by atoms with Gasteiger partial charge in [-0.1, -0.05) is 45.2 Å². The van der Waals surface area contributed by atoms with Crippen LogP contribution in [0.25, 0.3) is 0 Å². The molecule has 0 aromatic carbocycles. The van der Waals surface area contributed by atoms with Crippen molar-refractivity contribution in [2.24, 2.45) is 5.41 Å². The highest BCUT2D eigenvalue weighted by molar-refractivity contribution is 14.1. The van der Waals surface area contributed by atoms with Gasteiger partial charge in [-0.05, 0) is 0 Å². The minimum Gasteiger partial charge on any atom is -0.380 e. The Labute approximate surface area is 76.8 Å². The second-order valence-corrected chi connectivity index (χ2v) is 3.79. The molecular formula is C5H8I2O. The molecule has 0 unspecified atom stereocenters. The highest BCUT2D eigenvalue weighted by Crippen LogP contribution is 2.31. The van der Waals surface area contributed by atoms with Crippen molar-refractivity contribution in [2.45, 2.75) is 0 Å². The molecule has 1 saturated heterocycles. The Balaban J connectivity index is 2.33. The summed E-state index contributed by atoms with van der Waals surface area (Å²) in [6.07, 6.45) is 0. The third kappa shape index (κ3) is 1.29. The lowest BCUT2D eigenvalue weighted by molar-refractivity contribution is -0.0795. The lowest BCUT2D eigenvalue weighted by atomic mass is 9.92. The van der Waals surface area contributed by atoms with Gasteiger partial charge >= 0.3 is 0 Å². The molecular weight excluding hydrogens is 330 g/mol. The van der Waals surface area contributed by atoms with Gasteiger partial charge in [-0.25, -0.2) is 0 Å². The van der Waals surface area contributed by atoms with E-state index in [1.807, 2.05) is 0 Å². The Morgan fingerprint density at radius 2 is 1.75 bits per heavy atom. The zero-order valence-corrected chi connectivity index (χ0v) is 8.81. The largest absolute Gasteiger partial charge is 0.380 e. The summed E-state index contributed by atoms with van der Waals surface area (Å²) >= 11 is 4.87. The van der Waals surface area contributed by atoms with Crippen LogP contribution in [0.5, 0.6) is 0 Å². The van der Waals surface area contributed by atoms with Gasteiger partial charge in [0.2, 0.25) is 0 Å². The molecule has 1 fully saturated rings. The number of halogens is 2. The van der Waals surface area contributed by atoms with Crippen molar-refractivity contribution < 1.29 is 4.74 Å². The summed E-state index contributed by atoms with van der Waals surface area (Å²) in [6, 6.07) is 0. The molecule has 0 aliphatic carbocycles. The van der Waals surface area contributed by atoms with Crippen LogP contribution >= 0.6 is 45.2 Å². The van der Waals surface area contributed by atoms with Crippen LogP contribution in [0.4, 0.5) is 0 Å². The first-order chi connectivity index (χ1) is 3.83. The molecule has 0 aromatic heterocycles. The van der Waals surface area contributed by atoms with E-state index in [4.69, 9.17) is 4.74 Å². The average molecular weight is 338 g/mol. The Morgan fingerprint density at radius 3 is 1.75 bits per heavy atom. The third-order valence-electron chi connectivity index (χ3n) is 1.38. The van der Waals surface area contributed by atoms with Gasteiger partial charge in [0.1, 0.15) is 0 Å². The highest BCUT2D eigenvalue weighted by Gasteiger charge is 2.35. The van der Waals surface area contributed by atoms with Crippen LogP contribution in [0.3, 0.4) is 0 Å². The molecule has 0 N–H and O–H groups in total. The van der Waals surface area contributed by atoms with Crippen LogP contribution in [0, 0.1) is 5.41 Å². The Bertz CT molecular complexity index is 67.0. The first-order valence-corrected chi connectivity index (χ1v) is 5.58. The molecule has 1 aliphatic heterocycles. The fraction of sp³-hybridized carbons (Fsp3) is 1.00. The van der Waals surface area contributed by atoms with Crippen molar-refractivity contribution in [3.8, 4) is 0 Å². The van der Waals surface area contributed by atoms with Gasteiger partial charge in [0.15, 0.2) is 0 Å². The predicted octanol–water partition coefficient (Wildman–Crippen LogP) is 1.87. The maximum absolute atomic E-state index is 5.11. The highest BCUT2D eigenvalue weighted by atomic mass is 127. The smallest absolute Gasteiger partial charge is 0.0559 e. The standard InChI is InChI=1S/C5H8I2O/c6-1-5(2-7)3-8-4-5/h1-4H2. The molecule has 0 amide bonds. The van der Waals surface area contributed by atoms with E-state index in [1.54, 1.807) is 0 Å². The number of hydrogen-bond acceptors (Lipinski definition) is 1. The molecule has 1 nitrogen and oxygen atoms in total. The minimum absolute atomic E-state index is 0.557. The second kappa shape index (κ2) is 3.01. The van der Waals surface area contributed by atoms with Crippen LogP contribution < -0.4 is 0 Å². The van der Waals surface area contributed by atoms with E-state index in [2.05, 4.69) is 45.2 Å². The SMILES string of the molecule is ICC1(CI)COC1. The zero-order chi connectivity index (χ0) is 6.04. The monoisotopic (exact) mass is 338 g/mol. The van der Waals surface area contributed by atoms with Gasteiger partial charge in [-0.3, -0.25) is 0 Å². The quantitative estimate of drug-likeness (QED) is 0.552. The summed E-state index contributed by atoms with van der Waals surface area (Å²) in [5.41, 5.74) is 0.557. The summed E-state index contributed by atoms with van der Waals surface area (Å²) in [5, 5.41) is 0. The molecule has 0 spiro atoms. The van der Waals surface area contributed by atoms with Crippen LogP contribution in [0.1, 0.15) is 0 Å². The van der Waals surface area contributed by atoms with Crippen LogP contribution in [0.15, 0.2) is 0 Å². The van der Waals surface area contributed by atoms with Crippen molar-refractivity contribution in [2.75, 3.05) is 22.1 Å². The van der Waals surface area contributed by atoms with Gasteiger partial charge in [0, 0.05) is 14.3 Å². The van der Waals surface area contributed by atoms with Crippen molar-refractivity contribution >= 4 is 45.2 Å².